The number of hydrogen-bond acceptors (Lipinski definition) is 1. The van der Waals surface area contributed by atoms with Crippen LogP contribution in [0.3, 0.4) is 0 Å². The maximum Gasteiger partial charge on any atom is 0.224 e. The number of hydrogen-bond donors (Lipinski definition) is 1. The fraction of sp³-hybridized carbons (Fsp3) is 0.300. The van der Waals surface area contributed by atoms with Crippen molar-refractivity contribution in [1.29, 1.82) is 0 Å². The Kier molecular flexibility index (Phi) is 2.12. The number of aryl methyl sites for hydroxylation is 2. The molecule has 1 aromatic rings. The molecule has 0 fully saturated rings. The molecule has 0 bridgehead atoms. The number of nitrogens with one attached hydrogen (secondary N) is 1. The summed E-state index contributed by atoms with van der Waals surface area (Å²) < 4.78 is 1.08. The van der Waals surface area contributed by atoms with Gasteiger partial charge in [0.05, 0.1) is 0 Å². The Labute approximate surface area is 85.5 Å². The van der Waals surface area contributed by atoms with E-state index in [0.29, 0.717) is 6.42 Å². The Morgan fingerprint density at radius 2 is 2.15 bits per heavy atom. The van der Waals surface area contributed by atoms with Gasteiger partial charge in [0.2, 0.25) is 5.91 Å². The summed E-state index contributed by atoms with van der Waals surface area (Å²) in [5.74, 6) is 0.123. The highest BCUT2D eigenvalue weighted by molar-refractivity contribution is 9.10. The molecule has 0 saturated heterocycles. The van der Waals surface area contributed by atoms with Gasteiger partial charge in [-0.25, -0.2) is 0 Å². The van der Waals surface area contributed by atoms with Crippen molar-refractivity contribution in [3.63, 3.8) is 0 Å². The lowest BCUT2D eigenvalue weighted by Gasteiger charge is -2.19. The lowest BCUT2D eigenvalue weighted by Crippen LogP contribution is -2.19. The zero-order valence-corrected chi connectivity index (χ0v) is 8.94. The van der Waals surface area contributed by atoms with Crippen LogP contribution in [0.5, 0.6) is 0 Å². The summed E-state index contributed by atoms with van der Waals surface area (Å²) in [5, 5.41) is 2.90. The Morgan fingerprint density at radius 3 is 2.92 bits per heavy atom. The SMILES string of the molecule is Cc1cc(Br)cc2c1NC(=O)CC2. The van der Waals surface area contributed by atoms with E-state index in [9.17, 15) is 4.79 Å². The van der Waals surface area contributed by atoms with Gasteiger partial charge in [-0.2, -0.15) is 0 Å². The Bertz CT molecular complexity index is 373. The quantitative estimate of drug-likeness (QED) is 0.742. The minimum absolute atomic E-state index is 0.123. The van der Waals surface area contributed by atoms with E-state index in [-0.39, 0.29) is 5.91 Å². The van der Waals surface area contributed by atoms with Gasteiger partial charge < -0.3 is 5.32 Å². The normalized spacial score (nSPS) is 15.1. The molecule has 13 heavy (non-hydrogen) atoms. The number of benzene rings is 1. The van der Waals surface area contributed by atoms with Crippen LogP contribution in [0.1, 0.15) is 17.5 Å². The molecule has 1 heterocycles. The predicted molar refractivity (Wildman–Crippen MR) is 55.8 cm³/mol. The third-order valence-corrected chi connectivity index (χ3v) is 2.73. The summed E-state index contributed by atoms with van der Waals surface area (Å²) in [6.07, 6.45) is 1.45. The molecule has 1 aliphatic heterocycles. The van der Waals surface area contributed by atoms with Crippen LogP contribution in [0.25, 0.3) is 0 Å². The number of amides is 1. The van der Waals surface area contributed by atoms with Crippen molar-refractivity contribution < 1.29 is 4.79 Å². The van der Waals surface area contributed by atoms with Gasteiger partial charge in [0.15, 0.2) is 0 Å². The van der Waals surface area contributed by atoms with Gasteiger partial charge >= 0.3 is 0 Å². The summed E-state index contributed by atoms with van der Waals surface area (Å²) in [7, 11) is 0. The van der Waals surface area contributed by atoms with Gasteiger partial charge in [0, 0.05) is 16.6 Å². The molecule has 0 aromatic heterocycles. The number of anilines is 1. The molecule has 0 saturated carbocycles. The molecular weight excluding hydrogens is 230 g/mol. The second kappa shape index (κ2) is 3.14. The smallest absolute Gasteiger partial charge is 0.224 e. The van der Waals surface area contributed by atoms with Crippen LogP contribution in [0.15, 0.2) is 16.6 Å². The number of halogens is 1. The van der Waals surface area contributed by atoms with E-state index in [1.165, 1.54) is 5.56 Å². The first-order valence-corrected chi connectivity index (χ1v) is 5.05. The van der Waals surface area contributed by atoms with Crippen LogP contribution < -0.4 is 5.32 Å². The molecule has 2 rings (SSSR count). The van der Waals surface area contributed by atoms with Crippen molar-refractivity contribution in [2.24, 2.45) is 0 Å². The van der Waals surface area contributed by atoms with Crippen molar-refractivity contribution in [3.05, 3.63) is 27.7 Å². The zero-order chi connectivity index (χ0) is 9.42. The molecule has 0 aliphatic carbocycles. The second-order valence-electron chi connectivity index (χ2n) is 3.30. The third kappa shape index (κ3) is 1.61. The monoisotopic (exact) mass is 239 g/mol. The standard InChI is InChI=1S/C10H10BrNO/c1-6-4-8(11)5-7-2-3-9(13)12-10(6)7/h4-5H,2-3H2,1H3,(H,12,13). The average Bonchev–Trinajstić information content (AvgIpc) is 2.06. The largest absolute Gasteiger partial charge is 0.326 e. The molecule has 1 amide bonds. The van der Waals surface area contributed by atoms with E-state index in [1.54, 1.807) is 0 Å². The van der Waals surface area contributed by atoms with E-state index in [2.05, 4.69) is 27.3 Å². The van der Waals surface area contributed by atoms with Crippen molar-refractivity contribution in [2.45, 2.75) is 19.8 Å². The molecule has 1 N–H and O–H groups in total. The molecule has 2 nitrogen and oxygen atoms in total. The van der Waals surface area contributed by atoms with E-state index < -0.39 is 0 Å². The van der Waals surface area contributed by atoms with Crippen LogP contribution in [-0.4, -0.2) is 5.91 Å². The molecule has 1 aromatic carbocycles. The van der Waals surface area contributed by atoms with Crippen molar-refractivity contribution in [1.82, 2.24) is 0 Å². The van der Waals surface area contributed by atoms with E-state index in [0.717, 1.165) is 22.1 Å². The summed E-state index contributed by atoms with van der Waals surface area (Å²) in [6.45, 7) is 2.01. The van der Waals surface area contributed by atoms with Gasteiger partial charge in [-0.05, 0) is 36.6 Å². The number of rotatable bonds is 0. The number of carbonyl (C=O) groups excluding carboxylic acids is 1. The minimum atomic E-state index is 0.123. The lowest BCUT2D eigenvalue weighted by molar-refractivity contribution is -0.116. The van der Waals surface area contributed by atoms with Gasteiger partial charge in [0.25, 0.3) is 0 Å². The molecule has 0 radical (unpaired) electrons. The van der Waals surface area contributed by atoms with E-state index in [4.69, 9.17) is 0 Å². The fourth-order valence-electron chi connectivity index (χ4n) is 1.64. The lowest BCUT2D eigenvalue weighted by atomic mass is 10.00. The first kappa shape index (κ1) is 8.75. The highest BCUT2D eigenvalue weighted by Gasteiger charge is 2.16. The van der Waals surface area contributed by atoms with E-state index in [1.807, 2.05) is 13.0 Å². The van der Waals surface area contributed by atoms with Gasteiger partial charge in [-0.15, -0.1) is 0 Å². The fourth-order valence-corrected chi connectivity index (χ4v) is 2.26. The minimum Gasteiger partial charge on any atom is -0.326 e. The highest BCUT2D eigenvalue weighted by atomic mass is 79.9. The van der Waals surface area contributed by atoms with Crippen LogP contribution >= 0.6 is 15.9 Å². The number of carbonyl (C=O) groups is 1. The van der Waals surface area contributed by atoms with Crippen LogP contribution in [0, 0.1) is 6.92 Å². The Morgan fingerprint density at radius 1 is 1.38 bits per heavy atom. The first-order chi connectivity index (χ1) is 6.16. The zero-order valence-electron chi connectivity index (χ0n) is 7.36. The molecule has 0 atom stereocenters. The molecule has 0 unspecified atom stereocenters. The summed E-state index contributed by atoms with van der Waals surface area (Å²) in [4.78, 5) is 11.1. The summed E-state index contributed by atoms with van der Waals surface area (Å²) in [5.41, 5.74) is 3.35. The maximum atomic E-state index is 11.1. The van der Waals surface area contributed by atoms with Gasteiger partial charge in [-0.3, -0.25) is 4.79 Å². The van der Waals surface area contributed by atoms with Crippen molar-refractivity contribution >= 4 is 27.5 Å². The summed E-state index contributed by atoms with van der Waals surface area (Å²) >= 11 is 3.44. The van der Waals surface area contributed by atoms with Crippen LogP contribution in [-0.2, 0) is 11.2 Å². The second-order valence-corrected chi connectivity index (χ2v) is 4.22. The van der Waals surface area contributed by atoms with Crippen LogP contribution in [0.4, 0.5) is 5.69 Å². The Hall–Kier alpha value is -0.830. The average molecular weight is 240 g/mol. The third-order valence-electron chi connectivity index (χ3n) is 2.27. The van der Waals surface area contributed by atoms with E-state index >= 15 is 0 Å². The van der Waals surface area contributed by atoms with Gasteiger partial charge in [-0.1, -0.05) is 15.9 Å². The summed E-state index contributed by atoms with van der Waals surface area (Å²) in [6, 6.07) is 4.09. The van der Waals surface area contributed by atoms with Crippen molar-refractivity contribution in [2.75, 3.05) is 5.32 Å². The van der Waals surface area contributed by atoms with Gasteiger partial charge in [0.1, 0.15) is 0 Å². The topological polar surface area (TPSA) is 29.1 Å². The Balaban J connectivity index is 2.53. The molecular formula is C10H10BrNO. The number of fused-ring (bicyclic) bond motifs is 1. The molecule has 3 heteroatoms. The molecule has 0 spiro atoms. The highest BCUT2D eigenvalue weighted by Crippen LogP contribution is 2.29. The van der Waals surface area contributed by atoms with Crippen LogP contribution in [0.2, 0.25) is 0 Å². The first-order valence-electron chi connectivity index (χ1n) is 4.25. The predicted octanol–water partition coefficient (Wildman–Crippen LogP) is 2.64. The molecule has 1 aliphatic rings. The maximum absolute atomic E-state index is 11.1. The van der Waals surface area contributed by atoms with Crippen molar-refractivity contribution in [3.8, 4) is 0 Å². The molecule has 68 valence electrons.